The Morgan fingerprint density at radius 1 is 1.32 bits per heavy atom. The maximum Gasteiger partial charge on any atom is 0.191 e. The van der Waals surface area contributed by atoms with E-state index in [0.717, 1.165) is 24.6 Å². The zero-order valence-corrected chi connectivity index (χ0v) is 17.9. The third-order valence-electron chi connectivity index (χ3n) is 3.74. The van der Waals surface area contributed by atoms with Crippen molar-refractivity contribution in [1.82, 2.24) is 10.6 Å². The van der Waals surface area contributed by atoms with Crippen LogP contribution in [-0.4, -0.2) is 31.3 Å². The van der Waals surface area contributed by atoms with E-state index in [2.05, 4.69) is 39.4 Å². The van der Waals surface area contributed by atoms with Crippen molar-refractivity contribution in [3.05, 3.63) is 46.2 Å². The van der Waals surface area contributed by atoms with Crippen LogP contribution in [0.4, 0.5) is 0 Å². The van der Waals surface area contributed by atoms with E-state index < -0.39 is 0 Å². The van der Waals surface area contributed by atoms with Crippen LogP contribution in [0.15, 0.2) is 40.0 Å². The van der Waals surface area contributed by atoms with Crippen molar-refractivity contribution in [2.24, 2.45) is 4.99 Å². The van der Waals surface area contributed by atoms with Crippen LogP contribution in [0.1, 0.15) is 30.9 Å². The highest BCUT2D eigenvalue weighted by Gasteiger charge is 2.09. The first-order valence-electron chi connectivity index (χ1n) is 8.04. The predicted octanol–water partition coefficient (Wildman–Crippen LogP) is 3.94. The summed E-state index contributed by atoms with van der Waals surface area (Å²) >= 11 is 1.71. The van der Waals surface area contributed by atoms with Gasteiger partial charge in [-0.25, -0.2) is 4.99 Å². The largest absolute Gasteiger partial charge is 0.504 e. The Morgan fingerprint density at radius 3 is 2.76 bits per heavy atom. The molecule has 0 aliphatic rings. The molecule has 5 nitrogen and oxygen atoms in total. The number of halogens is 1. The molecule has 2 rings (SSSR count). The number of ether oxygens (including phenoxy) is 1. The molecule has 3 N–H and O–H groups in total. The topological polar surface area (TPSA) is 65.9 Å². The van der Waals surface area contributed by atoms with Crippen molar-refractivity contribution in [3.63, 3.8) is 0 Å². The summed E-state index contributed by atoms with van der Waals surface area (Å²) in [6.07, 6.45) is 0. The molecule has 0 radical (unpaired) electrons. The molecule has 0 fully saturated rings. The van der Waals surface area contributed by atoms with Gasteiger partial charge in [0.05, 0.1) is 13.7 Å². The number of hydrogen-bond donors (Lipinski definition) is 3. The Bertz CT molecular complexity index is 662. The summed E-state index contributed by atoms with van der Waals surface area (Å²) < 4.78 is 5.13. The van der Waals surface area contributed by atoms with Gasteiger partial charge in [-0.15, -0.1) is 24.0 Å². The highest BCUT2D eigenvalue weighted by atomic mass is 127. The average molecular weight is 475 g/mol. The summed E-state index contributed by atoms with van der Waals surface area (Å²) in [5, 5.41) is 21.0. The Hall–Kier alpha value is -1.48. The van der Waals surface area contributed by atoms with Crippen LogP contribution >= 0.6 is 35.3 Å². The monoisotopic (exact) mass is 475 g/mol. The van der Waals surface area contributed by atoms with E-state index in [9.17, 15) is 5.11 Å². The first kappa shape index (κ1) is 21.6. The number of rotatable bonds is 7. The van der Waals surface area contributed by atoms with Gasteiger partial charge in [-0.1, -0.05) is 19.1 Å². The van der Waals surface area contributed by atoms with Crippen molar-refractivity contribution in [3.8, 4) is 11.5 Å². The molecule has 2 aromatic rings. The molecule has 1 aromatic heterocycles. The summed E-state index contributed by atoms with van der Waals surface area (Å²) in [5.41, 5.74) is 2.06. The van der Waals surface area contributed by atoms with Gasteiger partial charge in [-0.05, 0) is 41.3 Å². The number of benzene rings is 1. The zero-order valence-electron chi connectivity index (χ0n) is 14.8. The van der Waals surface area contributed by atoms with Gasteiger partial charge < -0.3 is 20.5 Å². The molecule has 0 bridgehead atoms. The van der Waals surface area contributed by atoms with Crippen LogP contribution in [-0.2, 0) is 6.54 Å². The summed E-state index contributed by atoms with van der Waals surface area (Å²) in [6, 6.07) is 7.57. The van der Waals surface area contributed by atoms with Gasteiger partial charge in [-0.3, -0.25) is 0 Å². The Labute approximate surface area is 170 Å². The molecule has 0 aliphatic heterocycles. The fourth-order valence-electron chi connectivity index (χ4n) is 2.29. The number of hydrogen-bond acceptors (Lipinski definition) is 4. The van der Waals surface area contributed by atoms with Crippen molar-refractivity contribution in [1.29, 1.82) is 0 Å². The molecule has 1 aromatic carbocycles. The number of methoxy groups -OCH3 is 1. The number of aliphatic imine (C=N–C) groups is 1. The summed E-state index contributed by atoms with van der Waals surface area (Å²) in [7, 11) is 1.54. The summed E-state index contributed by atoms with van der Waals surface area (Å²) in [6.45, 7) is 6.18. The maximum atomic E-state index is 10.1. The molecule has 0 saturated heterocycles. The molecular weight excluding hydrogens is 449 g/mol. The van der Waals surface area contributed by atoms with Gasteiger partial charge in [0.25, 0.3) is 0 Å². The first-order valence-corrected chi connectivity index (χ1v) is 8.99. The van der Waals surface area contributed by atoms with E-state index >= 15 is 0 Å². The lowest BCUT2D eigenvalue weighted by Crippen LogP contribution is -2.39. The van der Waals surface area contributed by atoms with Crippen LogP contribution in [0.3, 0.4) is 0 Å². The van der Waals surface area contributed by atoms with Crippen LogP contribution < -0.4 is 15.4 Å². The van der Waals surface area contributed by atoms with E-state index in [1.165, 1.54) is 5.56 Å². The van der Waals surface area contributed by atoms with E-state index in [1.54, 1.807) is 24.5 Å². The lowest BCUT2D eigenvalue weighted by molar-refractivity contribution is 0.370. The molecule has 25 heavy (non-hydrogen) atoms. The zero-order chi connectivity index (χ0) is 17.4. The number of nitrogens with one attached hydrogen (secondary N) is 2. The predicted molar refractivity (Wildman–Crippen MR) is 116 cm³/mol. The summed E-state index contributed by atoms with van der Waals surface area (Å²) in [5.74, 6) is 1.75. The lowest BCUT2D eigenvalue weighted by Gasteiger charge is -2.15. The molecule has 138 valence electrons. The van der Waals surface area contributed by atoms with Crippen molar-refractivity contribution >= 4 is 41.3 Å². The molecule has 1 atom stereocenters. The molecule has 0 saturated carbocycles. The number of thiophene rings is 1. The van der Waals surface area contributed by atoms with Crippen molar-refractivity contribution in [2.45, 2.75) is 26.3 Å². The second-order valence-electron chi connectivity index (χ2n) is 5.50. The van der Waals surface area contributed by atoms with Gasteiger partial charge in [0.15, 0.2) is 17.5 Å². The number of nitrogens with zero attached hydrogens (tertiary/aromatic N) is 1. The van der Waals surface area contributed by atoms with Crippen molar-refractivity contribution in [2.75, 3.05) is 20.2 Å². The fourth-order valence-corrected chi connectivity index (χ4v) is 3.07. The standard InChI is InChI=1S/C18H25N3O2S.HI/c1-4-19-18(20-10-13(2)15-8-9-24-12-15)21-11-14-6-5-7-16(23-3)17(14)22;/h5-9,12-13,22H,4,10-11H2,1-3H3,(H2,19,20,21);1H. The van der Waals surface area contributed by atoms with Gasteiger partial charge >= 0.3 is 0 Å². The molecular formula is C18H26IN3O2S. The highest BCUT2D eigenvalue weighted by molar-refractivity contribution is 14.0. The summed E-state index contributed by atoms with van der Waals surface area (Å²) in [4.78, 5) is 4.55. The lowest BCUT2D eigenvalue weighted by atomic mass is 10.1. The molecule has 7 heteroatoms. The van der Waals surface area contributed by atoms with Gasteiger partial charge in [0.2, 0.25) is 0 Å². The number of phenols is 1. The van der Waals surface area contributed by atoms with Crippen LogP contribution in [0, 0.1) is 0 Å². The molecule has 0 aliphatic carbocycles. The van der Waals surface area contributed by atoms with Crippen LogP contribution in [0.5, 0.6) is 11.5 Å². The second kappa shape index (κ2) is 11.2. The number of aromatic hydroxyl groups is 1. The van der Waals surface area contributed by atoms with E-state index in [0.29, 0.717) is 18.2 Å². The smallest absolute Gasteiger partial charge is 0.191 e. The quantitative estimate of drug-likeness (QED) is 0.323. The van der Waals surface area contributed by atoms with Crippen LogP contribution in [0.2, 0.25) is 0 Å². The Morgan fingerprint density at radius 2 is 2.12 bits per heavy atom. The molecule has 0 spiro atoms. The minimum Gasteiger partial charge on any atom is -0.504 e. The Kier molecular flexibility index (Phi) is 9.66. The van der Waals surface area contributed by atoms with E-state index in [-0.39, 0.29) is 29.7 Å². The Balaban J connectivity index is 0.00000312. The minimum atomic E-state index is 0. The average Bonchev–Trinajstić information content (AvgIpc) is 3.13. The van der Waals surface area contributed by atoms with Gasteiger partial charge in [-0.2, -0.15) is 11.3 Å². The second-order valence-corrected chi connectivity index (χ2v) is 6.28. The van der Waals surface area contributed by atoms with Gasteiger partial charge in [0.1, 0.15) is 0 Å². The number of guanidine groups is 1. The molecule has 0 amide bonds. The number of phenolic OH excluding ortho intramolecular Hbond substituents is 1. The third kappa shape index (κ3) is 6.39. The SMILES string of the molecule is CCNC(=NCc1cccc(OC)c1O)NCC(C)c1ccsc1.I. The molecule has 1 unspecified atom stereocenters. The van der Waals surface area contributed by atoms with E-state index in [1.807, 2.05) is 19.1 Å². The first-order chi connectivity index (χ1) is 11.7. The fraction of sp³-hybridized carbons (Fsp3) is 0.389. The minimum absolute atomic E-state index is 0. The molecule has 1 heterocycles. The van der Waals surface area contributed by atoms with Crippen molar-refractivity contribution < 1.29 is 9.84 Å². The highest BCUT2D eigenvalue weighted by Crippen LogP contribution is 2.29. The number of para-hydroxylation sites is 1. The van der Waals surface area contributed by atoms with E-state index in [4.69, 9.17) is 4.74 Å². The normalized spacial score (nSPS) is 12.2. The van der Waals surface area contributed by atoms with Crippen LogP contribution in [0.25, 0.3) is 0 Å². The maximum absolute atomic E-state index is 10.1. The van der Waals surface area contributed by atoms with Gasteiger partial charge in [0, 0.05) is 18.7 Å². The third-order valence-corrected chi connectivity index (χ3v) is 4.44.